The second-order valence-electron chi connectivity index (χ2n) is 6.26. The predicted molar refractivity (Wildman–Crippen MR) is 104 cm³/mol. The van der Waals surface area contributed by atoms with Crippen LogP contribution in [0.2, 0.25) is 0 Å². The molecule has 0 aliphatic rings. The number of H-pyrrole nitrogens is 1. The molecule has 3 aromatic rings. The van der Waals surface area contributed by atoms with Gasteiger partial charge in [0.25, 0.3) is 5.91 Å². The van der Waals surface area contributed by atoms with Crippen LogP contribution in [0.4, 0.5) is 0 Å². The first-order chi connectivity index (χ1) is 14.0. The van der Waals surface area contributed by atoms with E-state index in [1.807, 2.05) is 30.3 Å². The van der Waals surface area contributed by atoms with E-state index in [4.69, 9.17) is 5.11 Å². The van der Waals surface area contributed by atoms with Crippen molar-refractivity contribution in [1.82, 2.24) is 26.0 Å². The highest BCUT2D eigenvalue weighted by atomic mass is 16.4. The molecule has 0 fully saturated rings. The Balaban J connectivity index is 1.72. The number of aromatic amines is 1. The van der Waals surface area contributed by atoms with Crippen LogP contribution in [0.1, 0.15) is 15.9 Å². The lowest BCUT2D eigenvalue weighted by Gasteiger charge is -2.18. The van der Waals surface area contributed by atoms with Gasteiger partial charge in [-0.25, -0.2) is 0 Å². The lowest BCUT2D eigenvalue weighted by atomic mass is 10.0. The van der Waals surface area contributed by atoms with Crippen molar-refractivity contribution in [2.45, 2.75) is 12.5 Å². The molecule has 1 atom stereocenters. The minimum atomic E-state index is -1.16. The minimum absolute atomic E-state index is 0.231. The number of nitrogens with one attached hydrogen (secondary N) is 3. The summed E-state index contributed by atoms with van der Waals surface area (Å²) in [5.41, 5.74) is 2.63. The zero-order valence-electron chi connectivity index (χ0n) is 15.3. The molecule has 0 unspecified atom stereocenters. The zero-order valence-corrected chi connectivity index (χ0v) is 15.3. The van der Waals surface area contributed by atoms with Crippen LogP contribution in [0.25, 0.3) is 11.3 Å². The second kappa shape index (κ2) is 9.27. The molecule has 2 amide bonds. The van der Waals surface area contributed by atoms with E-state index in [2.05, 4.69) is 26.0 Å². The Morgan fingerprint density at radius 1 is 1.03 bits per heavy atom. The number of carbonyl (C=O) groups excluding carboxylic acids is 2. The van der Waals surface area contributed by atoms with Gasteiger partial charge in [0.2, 0.25) is 5.91 Å². The summed E-state index contributed by atoms with van der Waals surface area (Å²) in [6.45, 7) is -0.521. The Hall–Kier alpha value is -4.01. The standard InChI is InChI=1S/C20H19N5O4/c26-18(27)12-21-20(29)16(10-13-4-2-1-3-5-13)23-19(28)15-8-6-14(7-9-15)17-11-22-25-24-17/h1-9,11,16H,10,12H2,(H,21,29)(H,23,28)(H,26,27)(H,22,24,25)/t16-/m0/s1. The molecular formula is C20H19N5O4. The summed E-state index contributed by atoms with van der Waals surface area (Å²) < 4.78 is 0. The Bertz CT molecular complexity index is 972. The maximum Gasteiger partial charge on any atom is 0.322 e. The fourth-order valence-corrected chi connectivity index (χ4v) is 2.72. The summed E-state index contributed by atoms with van der Waals surface area (Å²) in [6.07, 6.45) is 1.80. The first-order valence-electron chi connectivity index (χ1n) is 8.83. The van der Waals surface area contributed by atoms with Gasteiger partial charge in [-0.1, -0.05) is 42.5 Å². The molecule has 1 heterocycles. The van der Waals surface area contributed by atoms with Gasteiger partial charge < -0.3 is 15.7 Å². The summed E-state index contributed by atoms with van der Waals surface area (Å²) >= 11 is 0. The van der Waals surface area contributed by atoms with Crippen LogP contribution in [0.5, 0.6) is 0 Å². The average Bonchev–Trinajstić information content (AvgIpc) is 3.27. The number of aromatic nitrogens is 3. The number of amides is 2. The third-order valence-electron chi connectivity index (χ3n) is 4.18. The first-order valence-corrected chi connectivity index (χ1v) is 8.83. The van der Waals surface area contributed by atoms with Gasteiger partial charge in [-0.2, -0.15) is 15.4 Å². The Morgan fingerprint density at radius 3 is 2.38 bits per heavy atom. The molecule has 0 aliphatic carbocycles. The van der Waals surface area contributed by atoms with Crippen LogP contribution < -0.4 is 10.6 Å². The van der Waals surface area contributed by atoms with Crippen LogP contribution in [-0.4, -0.2) is 50.9 Å². The summed E-state index contributed by atoms with van der Waals surface area (Å²) in [5, 5.41) is 24.0. The van der Waals surface area contributed by atoms with Gasteiger partial charge in [-0.15, -0.1) is 0 Å². The van der Waals surface area contributed by atoms with Crippen molar-refractivity contribution in [2.24, 2.45) is 0 Å². The van der Waals surface area contributed by atoms with Crippen molar-refractivity contribution in [1.29, 1.82) is 0 Å². The predicted octanol–water partition coefficient (Wildman–Crippen LogP) is 1.01. The SMILES string of the molecule is O=C(O)CNC(=O)[C@H](Cc1ccccc1)NC(=O)c1ccc(-c2cn[nH]n2)cc1. The van der Waals surface area contributed by atoms with Gasteiger partial charge in [-0.3, -0.25) is 14.4 Å². The lowest BCUT2D eigenvalue weighted by Crippen LogP contribution is -2.49. The zero-order chi connectivity index (χ0) is 20.6. The number of carbonyl (C=O) groups is 3. The maximum atomic E-state index is 12.6. The van der Waals surface area contributed by atoms with Gasteiger partial charge in [-0.05, 0) is 17.7 Å². The molecule has 9 nitrogen and oxygen atoms in total. The highest BCUT2D eigenvalue weighted by Crippen LogP contribution is 2.16. The molecule has 4 N–H and O–H groups in total. The average molecular weight is 393 g/mol. The quantitative estimate of drug-likeness (QED) is 0.451. The fraction of sp³-hybridized carbons (Fsp3) is 0.150. The fourth-order valence-electron chi connectivity index (χ4n) is 2.72. The van der Waals surface area contributed by atoms with Gasteiger partial charge in [0.15, 0.2) is 0 Å². The Kier molecular flexibility index (Phi) is 6.31. The molecule has 1 aromatic heterocycles. The number of carboxylic acids is 1. The van der Waals surface area contributed by atoms with E-state index in [9.17, 15) is 14.4 Å². The smallest absolute Gasteiger partial charge is 0.322 e. The van der Waals surface area contributed by atoms with Crippen molar-refractivity contribution in [3.05, 3.63) is 71.9 Å². The highest BCUT2D eigenvalue weighted by molar-refractivity contribution is 5.98. The summed E-state index contributed by atoms with van der Waals surface area (Å²) in [5.74, 6) is -2.17. The molecule has 9 heteroatoms. The highest BCUT2D eigenvalue weighted by Gasteiger charge is 2.22. The van der Waals surface area contributed by atoms with Crippen molar-refractivity contribution >= 4 is 17.8 Å². The Morgan fingerprint density at radius 2 is 1.76 bits per heavy atom. The van der Waals surface area contributed by atoms with E-state index >= 15 is 0 Å². The first kappa shape index (κ1) is 19.7. The second-order valence-corrected chi connectivity index (χ2v) is 6.26. The minimum Gasteiger partial charge on any atom is -0.480 e. The Labute approximate surface area is 166 Å². The molecule has 148 valence electrons. The van der Waals surface area contributed by atoms with E-state index in [0.29, 0.717) is 11.3 Å². The van der Waals surface area contributed by atoms with E-state index in [-0.39, 0.29) is 6.42 Å². The largest absolute Gasteiger partial charge is 0.480 e. The third kappa shape index (κ3) is 5.48. The van der Waals surface area contributed by atoms with Gasteiger partial charge in [0.1, 0.15) is 18.3 Å². The third-order valence-corrected chi connectivity index (χ3v) is 4.18. The number of hydrogen-bond acceptors (Lipinski definition) is 5. The van der Waals surface area contributed by atoms with Crippen LogP contribution >= 0.6 is 0 Å². The van der Waals surface area contributed by atoms with Gasteiger partial charge in [0, 0.05) is 17.5 Å². The number of hydrogen-bond donors (Lipinski definition) is 4. The van der Waals surface area contributed by atoms with Crippen LogP contribution in [-0.2, 0) is 16.0 Å². The molecule has 29 heavy (non-hydrogen) atoms. The van der Waals surface area contributed by atoms with Crippen molar-refractivity contribution in [3.63, 3.8) is 0 Å². The monoisotopic (exact) mass is 393 g/mol. The van der Waals surface area contributed by atoms with Crippen molar-refractivity contribution in [3.8, 4) is 11.3 Å². The maximum absolute atomic E-state index is 12.6. The normalized spacial score (nSPS) is 11.4. The number of carboxylic acid groups (broad SMARTS) is 1. The molecule has 0 radical (unpaired) electrons. The number of nitrogens with zero attached hydrogens (tertiary/aromatic N) is 2. The molecule has 0 bridgehead atoms. The van der Waals surface area contributed by atoms with Crippen molar-refractivity contribution in [2.75, 3.05) is 6.54 Å². The van der Waals surface area contributed by atoms with Crippen molar-refractivity contribution < 1.29 is 19.5 Å². The van der Waals surface area contributed by atoms with Crippen LogP contribution in [0.3, 0.4) is 0 Å². The number of rotatable bonds is 8. The molecule has 3 rings (SSSR count). The lowest BCUT2D eigenvalue weighted by molar-refractivity contribution is -0.138. The van der Waals surface area contributed by atoms with Crippen LogP contribution in [0, 0.1) is 0 Å². The van der Waals surface area contributed by atoms with E-state index in [0.717, 1.165) is 11.1 Å². The van der Waals surface area contributed by atoms with E-state index in [1.54, 1.807) is 30.5 Å². The molecule has 0 saturated heterocycles. The number of aliphatic carboxylic acids is 1. The summed E-state index contributed by atoms with van der Waals surface area (Å²) in [4.78, 5) is 35.8. The van der Waals surface area contributed by atoms with E-state index in [1.165, 1.54) is 0 Å². The molecule has 2 aromatic carbocycles. The number of benzene rings is 2. The molecule has 0 saturated carbocycles. The van der Waals surface area contributed by atoms with Gasteiger partial charge >= 0.3 is 5.97 Å². The molecule has 0 aliphatic heterocycles. The van der Waals surface area contributed by atoms with E-state index < -0.39 is 30.4 Å². The molecule has 0 spiro atoms. The summed E-state index contributed by atoms with van der Waals surface area (Å²) in [6, 6.07) is 14.9. The van der Waals surface area contributed by atoms with Gasteiger partial charge in [0.05, 0.1) is 6.20 Å². The summed E-state index contributed by atoms with van der Waals surface area (Å²) in [7, 11) is 0. The van der Waals surface area contributed by atoms with Crippen LogP contribution in [0.15, 0.2) is 60.8 Å². The molecular weight excluding hydrogens is 374 g/mol. The topological polar surface area (TPSA) is 137 Å².